The quantitative estimate of drug-likeness (QED) is 0.477. The van der Waals surface area contributed by atoms with Crippen molar-refractivity contribution in [2.75, 3.05) is 12.4 Å². The standard InChI is InChI=1S/C19H13ClF2N4O2S/c1-28-17-15(22)14(20)13(9-6-23-26-16(9)17)7-2-3-11-12(4-7)29-19(24-11)25-18(27)8-5-10(8)21/h2-4,6,8,10H,5H2,1H3,(H,23,26)(H,24,25,27)/t8-,10+/m1/s1. The normalized spacial score (nSPS) is 18.3. The maximum Gasteiger partial charge on any atom is 0.232 e. The van der Waals surface area contributed by atoms with Gasteiger partial charge in [0.25, 0.3) is 0 Å². The third-order valence-electron chi connectivity index (χ3n) is 4.91. The molecule has 2 heterocycles. The van der Waals surface area contributed by atoms with Gasteiger partial charge in [0.1, 0.15) is 11.7 Å². The van der Waals surface area contributed by atoms with E-state index in [4.69, 9.17) is 16.3 Å². The number of aromatic amines is 1. The molecule has 0 saturated heterocycles. The minimum Gasteiger partial charge on any atom is -0.491 e. The monoisotopic (exact) mass is 434 g/mol. The second-order valence-corrected chi connectivity index (χ2v) is 8.15. The molecule has 1 aliphatic carbocycles. The number of aromatic nitrogens is 3. The maximum absolute atomic E-state index is 14.7. The largest absolute Gasteiger partial charge is 0.491 e. The van der Waals surface area contributed by atoms with Gasteiger partial charge in [0, 0.05) is 10.9 Å². The Balaban J connectivity index is 1.58. The van der Waals surface area contributed by atoms with Crippen LogP contribution >= 0.6 is 22.9 Å². The lowest BCUT2D eigenvalue weighted by molar-refractivity contribution is -0.117. The number of carbonyl (C=O) groups is 1. The van der Waals surface area contributed by atoms with Crippen LogP contribution in [0.3, 0.4) is 0 Å². The highest BCUT2D eigenvalue weighted by atomic mass is 35.5. The van der Waals surface area contributed by atoms with Crippen LogP contribution in [-0.2, 0) is 4.79 Å². The average Bonchev–Trinajstić information content (AvgIpc) is 3.08. The fraction of sp³-hybridized carbons (Fsp3) is 0.211. The van der Waals surface area contributed by atoms with Gasteiger partial charge in [-0.1, -0.05) is 29.0 Å². The first-order valence-electron chi connectivity index (χ1n) is 8.72. The molecule has 6 nitrogen and oxygen atoms in total. The molecular weight excluding hydrogens is 422 g/mol. The van der Waals surface area contributed by atoms with Crippen molar-refractivity contribution in [3.63, 3.8) is 0 Å². The van der Waals surface area contributed by atoms with Gasteiger partial charge in [0.05, 0.1) is 34.5 Å². The van der Waals surface area contributed by atoms with Crippen LogP contribution < -0.4 is 10.1 Å². The van der Waals surface area contributed by atoms with Gasteiger partial charge >= 0.3 is 0 Å². The summed E-state index contributed by atoms with van der Waals surface area (Å²) < 4.78 is 33.7. The van der Waals surface area contributed by atoms with Crippen LogP contribution in [0.2, 0.25) is 5.02 Å². The number of nitrogens with one attached hydrogen (secondary N) is 2. The molecule has 29 heavy (non-hydrogen) atoms. The number of nitrogens with zero attached hydrogens (tertiary/aromatic N) is 2. The Bertz CT molecular complexity index is 1290. The van der Waals surface area contributed by atoms with E-state index in [1.165, 1.54) is 18.4 Å². The van der Waals surface area contributed by atoms with Crippen LogP contribution in [0, 0.1) is 11.7 Å². The number of hydrogen-bond donors (Lipinski definition) is 2. The van der Waals surface area contributed by atoms with E-state index in [9.17, 15) is 13.6 Å². The van der Waals surface area contributed by atoms with Crippen molar-refractivity contribution >= 4 is 55.1 Å². The van der Waals surface area contributed by atoms with E-state index in [1.807, 2.05) is 6.07 Å². The number of halogens is 3. The summed E-state index contributed by atoms with van der Waals surface area (Å²) >= 11 is 7.58. The predicted octanol–water partition coefficient (Wildman–Crippen LogP) is 4.94. The highest BCUT2D eigenvalue weighted by molar-refractivity contribution is 7.22. The van der Waals surface area contributed by atoms with Gasteiger partial charge in [-0.25, -0.2) is 13.8 Å². The SMILES string of the molecule is COc1c(F)c(Cl)c(-c2ccc3nc(NC(=O)[C@@H]4C[C@@H]4F)sc3c2)c2cn[nH]c12. The van der Waals surface area contributed by atoms with Crippen molar-refractivity contribution < 1.29 is 18.3 Å². The van der Waals surface area contributed by atoms with E-state index in [1.54, 1.807) is 18.3 Å². The minimum atomic E-state index is -1.07. The fourth-order valence-electron chi connectivity index (χ4n) is 3.33. The van der Waals surface area contributed by atoms with Crippen molar-refractivity contribution in [3.05, 3.63) is 35.2 Å². The number of carbonyl (C=O) groups excluding carboxylic acids is 1. The zero-order chi connectivity index (χ0) is 20.3. The first kappa shape index (κ1) is 18.3. The number of H-pyrrole nitrogens is 1. The molecule has 0 spiro atoms. The van der Waals surface area contributed by atoms with Crippen LogP contribution in [0.25, 0.3) is 32.2 Å². The number of ether oxygens (including phenoxy) is 1. The van der Waals surface area contributed by atoms with Crippen molar-refractivity contribution in [2.45, 2.75) is 12.6 Å². The Hall–Kier alpha value is -2.78. The topological polar surface area (TPSA) is 79.9 Å². The molecule has 0 radical (unpaired) electrons. The molecule has 2 aromatic carbocycles. The highest BCUT2D eigenvalue weighted by Gasteiger charge is 2.43. The van der Waals surface area contributed by atoms with Crippen molar-refractivity contribution in [1.82, 2.24) is 15.2 Å². The van der Waals surface area contributed by atoms with Gasteiger partial charge in [-0.15, -0.1) is 0 Å². The number of alkyl halides is 1. The molecule has 2 atom stereocenters. The second kappa shape index (κ2) is 6.64. The van der Waals surface area contributed by atoms with Crippen molar-refractivity contribution in [2.24, 2.45) is 5.92 Å². The molecular formula is C19H13ClF2N4O2S. The van der Waals surface area contributed by atoms with Crippen LogP contribution in [0.5, 0.6) is 5.75 Å². The second-order valence-electron chi connectivity index (χ2n) is 6.74. The fourth-order valence-corrected chi connectivity index (χ4v) is 4.53. The molecule has 148 valence electrons. The Morgan fingerprint density at radius 2 is 2.24 bits per heavy atom. The maximum atomic E-state index is 14.7. The Kier molecular flexibility index (Phi) is 4.18. The number of hydrogen-bond acceptors (Lipinski definition) is 5. The van der Waals surface area contributed by atoms with Gasteiger partial charge in [-0.3, -0.25) is 9.89 Å². The van der Waals surface area contributed by atoms with Crippen molar-refractivity contribution in [3.8, 4) is 16.9 Å². The molecule has 5 rings (SSSR count). The molecule has 1 saturated carbocycles. The van der Waals surface area contributed by atoms with Gasteiger partial charge in [-0.05, 0) is 24.1 Å². The third-order valence-corrected chi connectivity index (χ3v) is 6.20. The lowest BCUT2D eigenvalue weighted by Gasteiger charge is -2.11. The molecule has 0 bridgehead atoms. The van der Waals surface area contributed by atoms with E-state index < -0.39 is 17.9 Å². The number of fused-ring (bicyclic) bond motifs is 2. The first-order chi connectivity index (χ1) is 14.0. The van der Waals surface area contributed by atoms with E-state index in [2.05, 4.69) is 20.5 Å². The smallest absolute Gasteiger partial charge is 0.232 e. The van der Waals surface area contributed by atoms with E-state index in [-0.39, 0.29) is 23.1 Å². The van der Waals surface area contributed by atoms with Gasteiger partial charge in [-0.2, -0.15) is 5.10 Å². The number of methoxy groups -OCH3 is 1. The number of rotatable bonds is 4. The number of anilines is 1. The average molecular weight is 435 g/mol. The number of amides is 1. The van der Waals surface area contributed by atoms with E-state index >= 15 is 0 Å². The summed E-state index contributed by atoms with van der Waals surface area (Å²) in [6, 6.07) is 5.35. The molecule has 0 aliphatic heterocycles. The van der Waals surface area contributed by atoms with Crippen LogP contribution in [0.1, 0.15) is 6.42 Å². The zero-order valence-electron chi connectivity index (χ0n) is 14.9. The van der Waals surface area contributed by atoms with Crippen LogP contribution in [-0.4, -0.2) is 34.4 Å². The van der Waals surface area contributed by atoms with E-state index in [0.29, 0.717) is 32.7 Å². The summed E-state index contributed by atoms with van der Waals surface area (Å²) in [5.41, 5.74) is 2.22. The molecule has 2 N–H and O–H groups in total. The molecule has 0 unspecified atom stereocenters. The summed E-state index contributed by atoms with van der Waals surface area (Å²) in [6.07, 6.45) is 0.744. The van der Waals surface area contributed by atoms with Gasteiger partial charge in [0.2, 0.25) is 5.91 Å². The number of thiazole rings is 1. The molecule has 1 fully saturated rings. The van der Waals surface area contributed by atoms with Crippen LogP contribution in [0.4, 0.5) is 13.9 Å². The van der Waals surface area contributed by atoms with Gasteiger partial charge in [0.15, 0.2) is 16.7 Å². The molecule has 4 aromatic rings. The Morgan fingerprint density at radius 1 is 1.45 bits per heavy atom. The third kappa shape index (κ3) is 2.92. The Labute approximate surface area is 171 Å². The predicted molar refractivity (Wildman–Crippen MR) is 108 cm³/mol. The summed E-state index contributed by atoms with van der Waals surface area (Å²) in [6.45, 7) is 0. The Morgan fingerprint density at radius 3 is 2.97 bits per heavy atom. The zero-order valence-corrected chi connectivity index (χ0v) is 16.5. The summed E-state index contributed by atoms with van der Waals surface area (Å²) in [5, 5.41) is 10.3. The summed E-state index contributed by atoms with van der Waals surface area (Å²) in [4.78, 5) is 16.3. The lowest BCUT2D eigenvalue weighted by atomic mass is 10.0. The molecule has 2 aromatic heterocycles. The molecule has 1 aliphatic rings. The molecule has 10 heteroatoms. The lowest BCUT2D eigenvalue weighted by Crippen LogP contribution is -2.14. The highest BCUT2D eigenvalue weighted by Crippen LogP contribution is 2.43. The molecule has 1 amide bonds. The van der Waals surface area contributed by atoms with Gasteiger partial charge < -0.3 is 10.1 Å². The van der Waals surface area contributed by atoms with Crippen LogP contribution in [0.15, 0.2) is 24.4 Å². The minimum absolute atomic E-state index is 0.00126. The number of benzene rings is 2. The van der Waals surface area contributed by atoms with E-state index in [0.717, 1.165) is 4.70 Å². The summed E-state index contributed by atoms with van der Waals surface area (Å²) in [5.74, 6) is -1.63. The summed E-state index contributed by atoms with van der Waals surface area (Å²) in [7, 11) is 1.36. The first-order valence-corrected chi connectivity index (χ1v) is 9.91. The van der Waals surface area contributed by atoms with Crippen molar-refractivity contribution in [1.29, 1.82) is 0 Å².